The topological polar surface area (TPSA) is 54.1 Å². The van der Waals surface area contributed by atoms with Gasteiger partial charge in [0.1, 0.15) is 5.71 Å². The summed E-state index contributed by atoms with van der Waals surface area (Å²) in [7, 11) is 0. The van der Waals surface area contributed by atoms with Crippen molar-refractivity contribution in [3.63, 3.8) is 0 Å². The molecule has 3 rings (SSSR count). The van der Waals surface area contributed by atoms with Crippen molar-refractivity contribution in [1.29, 1.82) is 0 Å². The minimum Gasteiger partial charge on any atom is -0.287 e. The number of Topliss-reactive ketones (excluding diaryl/α,β-unsaturated/α-hetero) is 1. The molecule has 0 aromatic heterocycles. The van der Waals surface area contributed by atoms with Gasteiger partial charge < -0.3 is 0 Å². The summed E-state index contributed by atoms with van der Waals surface area (Å²) in [5.41, 5.74) is 2.97. The molecular formula is C24H19N3O. The van der Waals surface area contributed by atoms with Gasteiger partial charge in [-0.1, -0.05) is 78.9 Å². The van der Waals surface area contributed by atoms with Gasteiger partial charge in [0.25, 0.3) is 0 Å². The van der Waals surface area contributed by atoms with Crippen molar-refractivity contribution in [2.75, 3.05) is 0 Å². The first-order valence-corrected chi connectivity index (χ1v) is 8.86. The van der Waals surface area contributed by atoms with Crippen molar-refractivity contribution in [3.05, 3.63) is 108 Å². The summed E-state index contributed by atoms with van der Waals surface area (Å²) >= 11 is 0. The highest BCUT2D eigenvalue weighted by Crippen LogP contribution is 2.10. The van der Waals surface area contributed by atoms with E-state index in [0.29, 0.717) is 17.0 Å². The van der Waals surface area contributed by atoms with Gasteiger partial charge in [-0.15, -0.1) is 5.10 Å². The number of para-hydroxylation sites is 1. The molecule has 0 saturated carbocycles. The highest BCUT2D eigenvalue weighted by molar-refractivity contribution is 6.51. The Morgan fingerprint density at radius 1 is 0.750 bits per heavy atom. The van der Waals surface area contributed by atoms with Crippen molar-refractivity contribution in [3.8, 4) is 0 Å². The number of aliphatic imine (C=N–C) groups is 1. The Morgan fingerprint density at radius 2 is 1.29 bits per heavy atom. The lowest BCUT2D eigenvalue weighted by Crippen LogP contribution is -2.15. The van der Waals surface area contributed by atoms with Crippen LogP contribution < -0.4 is 0 Å². The number of carbonyl (C=O) groups excluding carboxylic acids is 1. The maximum atomic E-state index is 12.9. The van der Waals surface area contributed by atoms with Crippen LogP contribution in [0, 0.1) is 0 Å². The first kappa shape index (κ1) is 18.9. The summed E-state index contributed by atoms with van der Waals surface area (Å²) < 4.78 is 0. The van der Waals surface area contributed by atoms with Gasteiger partial charge >= 0.3 is 0 Å². The molecule has 0 fully saturated rings. The number of hydrogen-bond acceptors (Lipinski definition) is 4. The Kier molecular flexibility index (Phi) is 6.56. The molecule has 0 atom stereocenters. The molecule has 4 heteroatoms. The average Bonchev–Trinajstić information content (AvgIpc) is 2.76. The first-order valence-electron chi connectivity index (χ1n) is 8.86. The largest absolute Gasteiger partial charge is 0.287 e. The van der Waals surface area contributed by atoms with Crippen LogP contribution in [-0.2, 0) is 0 Å². The maximum absolute atomic E-state index is 12.9. The van der Waals surface area contributed by atoms with Crippen LogP contribution in [0.5, 0.6) is 0 Å². The third-order valence-corrected chi connectivity index (χ3v) is 3.83. The minimum atomic E-state index is -0.176. The second-order valence-corrected chi connectivity index (χ2v) is 5.97. The van der Waals surface area contributed by atoms with Crippen LogP contribution in [0.15, 0.2) is 112 Å². The smallest absolute Gasteiger partial charge is 0.213 e. The normalized spacial score (nSPS) is 11.5. The lowest BCUT2D eigenvalue weighted by atomic mass is 10.0. The van der Waals surface area contributed by atoms with E-state index >= 15 is 0 Å². The fourth-order valence-corrected chi connectivity index (χ4v) is 2.42. The van der Waals surface area contributed by atoms with E-state index in [0.717, 1.165) is 11.3 Å². The van der Waals surface area contributed by atoms with Gasteiger partial charge in [-0.3, -0.25) is 4.79 Å². The Balaban J connectivity index is 1.89. The Labute approximate surface area is 164 Å². The van der Waals surface area contributed by atoms with E-state index in [1.807, 2.05) is 78.9 Å². The van der Waals surface area contributed by atoms with Gasteiger partial charge in [0.2, 0.25) is 5.78 Å². The van der Waals surface area contributed by atoms with E-state index in [1.54, 1.807) is 25.1 Å². The number of carbonyl (C=O) groups is 1. The fraction of sp³-hybridized carbons (Fsp3) is 0.0417. The van der Waals surface area contributed by atoms with Crippen molar-refractivity contribution in [2.24, 2.45) is 15.2 Å². The summed E-state index contributed by atoms with van der Waals surface area (Å²) in [4.78, 5) is 17.1. The van der Waals surface area contributed by atoms with Crippen molar-refractivity contribution in [1.82, 2.24) is 0 Å². The number of ketones is 1. The number of benzene rings is 3. The second kappa shape index (κ2) is 9.72. The van der Waals surface area contributed by atoms with Crippen LogP contribution in [0.4, 0.5) is 5.69 Å². The molecule has 0 unspecified atom stereocenters. The van der Waals surface area contributed by atoms with Crippen LogP contribution in [-0.4, -0.2) is 23.1 Å². The standard InChI is InChI=1S/C24H19N3O/c1-19(17-18-25-22-15-9-4-10-16-22)26-27-23(20-11-5-2-6-12-20)24(28)21-13-7-3-8-14-21/h2-17H,1H3/b26-19+,27-23+. The molecule has 0 aliphatic heterocycles. The first-order chi connectivity index (χ1) is 13.7. The number of rotatable bonds is 6. The molecule has 3 aromatic rings. The molecule has 3 aromatic carbocycles. The molecule has 0 aliphatic rings. The van der Waals surface area contributed by atoms with Gasteiger partial charge in [-0.2, -0.15) is 5.10 Å². The van der Waals surface area contributed by atoms with Crippen molar-refractivity contribution >= 4 is 28.8 Å². The van der Waals surface area contributed by atoms with Gasteiger partial charge in [0, 0.05) is 17.2 Å². The van der Waals surface area contributed by atoms with E-state index in [9.17, 15) is 4.79 Å². The third-order valence-electron chi connectivity index (χ3n) is 3.83. The van der Waals surface area contributed by atoms with Gasteiger partial charge in [-0.05, 0) is 24.9 Å². The summed E-state index contributed by atoms with van der Waals surface area (Å²) in [5.74, 6) is 2.67. The summed E-state index contributed by atoms with van der Waals surface area (Å²) in [5, 5.41) is 8.42. The van der Waals surface area contributed by atoms with Gasteiger partial charge in [-0.25, -0.2) is 4.99 Å². The zero-order valence-corrected chi connectivity index (χ0v) is 15.5. The Hall–Kier alpha value is -3.88. The maximum Gasteiger partial charge on any atom is 0.213 e. The highest BCUT2D eigenvalue weighted by atomic mass is 16.1. The third kappa shape index (κ3) is 5.31. The van der Waals surface area contributed by atoms with Crippen LogP contribution in [0.2, 0.25) is 0 Å². The van der Waals surface area contributed by atoms with E-state index in [4.69, 9.17) is 0 Å². The Morgan fingerprint density at radius 3 is 1.89 bits per heavy atom. The Bertz CT molecular complexity index is 1050. The van der Waals surface area contributed by atoms with Gasteiger partial charge in [0.05, 0.1) is 11.4 Å². The van der Waals surface area contributed by atoms with E-state index in [1.165, 1.54) is 0 Å². The fourth-order valence-electron chi connectivity index (χ4n) is 2.42. The molecule has 0 saturated heterocycles. The molecule has 28 heavy (non-hydrogen) atoms. The molecule has 0 N–H and O–H groups in total. The summed E-state index contributed by atoms with van der Waals surface area (Å²) in [6.07, 6.45) is 1.63. The molecule has 4 nitrogen and oxygen atoms in total. The predicted octanol–water partition coefficient (Wildman–Crippen LogP) is 5.29. The lowest BCUT2D eigenvalue weighted by Gasteiger charge is -2.04. The van der Waals surface area contributed by atoms with Crippen molar-refractivity contribution < 1.29 is 4.79 Å². The molecule has 136 valence electrons. The second-order valence-electron chi connectivity index (χ2n) is 5.97. The predicted molar refractivity (Wildman–Crippen MR) is 115 cm³/mol. The molecule has 0 bridgehead atoms. The summed E-state index contributed by atoms with van der Waals surface area (Å²) in [6, 6.07) is 27.9. The van der Waals surface area contributed by atoms with Crippen LogP contribution >= 0.6 is 0 Å². The minimum absolute atomic E-state index is 0.176. The molecule has 0 amide bonds. The van der Waals surface area contributed by atoms with Crippen LogP contribution in [0.1, 0.15) is 22.8 Å². The van der Waals surface area contributed by atoms with E-state index < -0.39 is 0 Å². The molecular weight excluding hydrogens is 346 g/mol. The molecule has 0 heterocycles. The van der Waals surface area contributed by atoms with Gasteiger partial charge in [0.15, 0.2) is 0 Å². The van der Waals surface area contributed by atoms with Crippen LogP contribution in [0.25, 0.3) is 0 Å². The lowest BCUT2D eigenvalue weighted by molar-refractivity contribution is 0.106. The van der Waals surface area contributed by atoms with Crippen molar-refractivity contribution in [2.45, 2.75) is 6.92 Å². The number of allylic oxidation sites excluding steroid dienone is 1. The van der Waals surface area contributed by atoms with E-state index in [2.05, 4.69) is 21.1 Å². The SMILES string of the molecule is C/C(C=C=Nc1ccccc1)=N\N=C(\C(=O)c1ccccc1)c1ccccc1. The highest BCUT2D eigenvalue weighted by Gasteiger charge is 2.16. The molecule has 0 spiro atoms. The number of nitrogens with zero attached hydrogens (tertiary/aromatic N) is 3. The van der Waals surface area contributed by atoms with Crippen LogP contribution in [0.3, 0.4) is 0 Å². The summed E-state index contributed by atoms with van der Waals surface area (Å²) in [6.45, 7) is 1.78. The number of hydrogen-bond donors (Lipinski definition) is 0. The average molecular weight is 365 g/mol. The monoisotopic (exact) mass is 365 g/mol. The zero-order valence-electron chi connectivity index (χ0n) is 15.5. The molecule has 0 aliphatic carbocycles. The van der Waals surface area contributed by atoms with E-state index in [-0.39, 0.29) is 5.78 Å². The zero-order chi connectivity index (χ0) is 19.6. The quantitative estimate of drug-likeness (QED) is 0.332. The molecule has 0 radical (unpaired) electrons.